The maximum Gasteiger partial charge on any atom is 0.325 e. The maximum absolute atomic E-state index is 12.7. The van der Waals surface area contributed by atoms with E-state index in [1.807, 2.05) is 0 Å². The smallest absolute Gasteiger partial charge is 0.325 e. The zero-order valence-corrected chi connectivity index (χ0v) is 13.1. The molecule has 0 aromatic carbocycles. The lowest BCUT2D eigenvalue weighted by molar-refractivity contribution is -0.139. The topological polar surface area (TPSA) is 82.6 Å². The molecule has 2 fully saturated rings. The predicted octanol–water partition coefficient (Wildman–Crippen LogP) is 0.861. The fourth-order valence-corrected chi connectivity index (χ4v) is 3.05. The third-order valence-electron chi connectivity index (χ3n) is 4.45. The summed E-state index contributed by atoms with van der Waals surface area (Å²) in [6, 6.07) is 4.64. The molecule has 0 bridgehead atoms. The molecule has 2 aliphatic rings. The molecular weight excluding hydrogens is 296 g/mol. The molecule has 0 spiro atoms. The number of likely N-dealkylation sites (tertiary alicyclic amines) is 1. The van der Waals surface area contributed by atoms with Gasteiger partial charge in [0, 0.05) is 19.3 Å². The predicted molar refractivity (Wildman–Crippen MR) is 82.3 cm³/mol. The van der Waals surface area contributed by atoms with E-state index in [4.69, 9.17) is 0 Å². The lowest BCUT2D eigenvalue weighted by Crippen LogP contribution is -2.46. The number of nitrogens with zero attached hydrogens (tertiary/aromatic N) is 3. The van der Waals surface area contributed by atoms with Crippen LogP contribution in [-0.4, -0.2) is 52.3 Å². The largest absolute Gasteiger partial charge is 0.341 e. The Kier molecular flexibility index (Phi) is 4.02. The molecule has 4 amide bonds. The highest BCUT2D eigenvalue weighted by Crippen LogP contribution is 2.27. The second-order valence-electron chi connectivity index (χ2n) is 6.10. The molecule has 1 atom stereocenters. The molecule has 3 rings (SSSR count). The summed E-state index contributed by atoms with van der Waals surface area (Å²) in [5.41, 5.74) is -0.758. The van der Waals surface area contributed by atoms with E-state index < -0.39 is 17.5 Å². The molecule has 7 heteroatoms. The first-order chi connectivity index (χ1) is 11.0. The molecule has 7 nitrogen and oxygen atoms in total. The van der Waals surface area contributed by atoms with Gasteiger partial charge in [0.2, 0.25) is 5.91 Å². The van der Waals surface area contributed by atoms with Crippen LogP contribution in [0.2, 0.25) is 0 Å². The second-order valence-corrected chi connectivity index (χ2v) is 6.10. The van der Waals surface area contributed by atoms with Crippen molar-refractivity contribution < 1.29 is 14.4 Å². The van der Waals surface area contributed by atoms with E-state index in [0.717, 1.165) is 24.2 Å². The van der Waals surface area contributed by atoms with Crippen molar-refractivity contribution in [2.45, 2.75) is 31.7 Å². The monoisotopic (exact) mass is 316 g/mol. The Balaban J connectivity index is 1.75. The summed E-state index contributed by atoms with van der Waals surface area (Å²) in [4.78, 5) is 44.1. The molecule has 0 radical (unpaired) electrons. The molecule has 1 N–H and O–H groups in total. The summed E-state index contributed by atoms with van der Waals surface area (Å²) in [6.07, 6.45) is 4.63. The Hall–Kier alpha value is -2.44. The van der Waals surface area contributed by atoms with Crippen molar-refractivity contribution in [2.24, 2.45) is 0 Å². The summed E-state index contributed by atoms with van der Waals surface area (Å²) >= 11 is 0. The Morgan fingerprint density at radius 2 is 2.00 bits per heavy atom. The molecule has 23 heavy (non-hydrogen) atoms. The molecule has 1 aromatic rings. The summed E-state index contributed by atoms with van der Waals surface area (Å²) in [7, 11) is 0. The summed E-state index contributed by atoms with van der Waals surface area (Å²) in [5, 5.41) is 2.66. The molecule has 122 valence electrons. The molecule has 2 aliphatic heterocycles. The third-order valence-corrected chi connectivity index (χ3v) is 4.45. The molecule has 1 aromatic heterocycles. The first-order valence-corrected chi connectivity index (χ1v) is 7.86. The van der Waals surface area contributed by atoms with E-state index in [1.54, 1.807) is 36.2 Å². The van der Waals surface area contributed by atoms with Crippen LogP contribution in [0.15, 0.2) is 24.4 Å². The van der Waals surface area contributed by atoms with Gasteiger partial charge < -0.3 is 10.2 Å². The van der Waals surface area contributed by atoms with E-state index in [0.29, 0.717) is 18.8 Å². The van der Waals surface area contributed by atoms with Crippen molar-refractivity contribution in [2.75, 3.05) is 19.6 Å². The van der Waals surface area contributed by atoms with Gasteiger partial charge in [0.15, 0.2) is 5.54 Å². The quantitative estimate of drug-likeness (QED) is 0.839. The molecule has 2 saturated heterocycles. The first-order valence-electron chi connectivity index (χ1n) is 7.86. The van der Waals surface area contributed by atoms with Gasteiger partial charge in [-0.05, 0) is 38.3 Å². The number of rotatable bonds is 3. The van der Waals surface area contributed by atoms with E-state index in [-0.39, 0.29) is 12.5 Å². The summed E-state index contributed by atoms with van der Waals surface area (Å²) < 4.78 is 0. The van der Waals surface area contributed by atoms with Crippen LogP contribution >= 0.6 is 0 Å². The van der Waals surface area contributed by atoms with Gasteiger partial charge in [-0.15, -0.1) is 0 Å². The highest BCUT2D eigenvalue weighted by molar-refractivity contribution is 6.08. The number of hydrogen-bond acceptors (Lipinski definition) is 4. The van der Waals surface area contributed by atoms with Gasteiger partial charge in [-0.25, -0.2) is 4.79 Å². The minimum atomic E-state index is -1.22. The first kappa shape index (κ1) is 15.5. The van der Waals surface area contributed by atoms with Crippen LogP contribution < -0.4 is 5.32 Å². The van der Waals surface area contributed by atoms with E-state index in [2.05, 4.69) is 10.3 Å². The number of imide groups is 1. The molecule has 0 unspecified atom stereocenters. The van der Waals surface area contributed by atoms with Gasteiger partial charge in [-0.2, -0.15) is 0 Å². The Morgan fingerprint density at radius 3 is 2.65 bits per heavy atom. The van der Waals surface area contributed by atoms with Crippen LogP contribution in [0.25, 0.3) is 0 Å². The number of urea groups is 1. The lowest BCUT2D eigenvalue weighted by Gasteiger charge is -2.28. The zero-order valence-electron chi connectivity index (χ0n) is 13.1. The van der Waals surface area contributed by atoms with Crippen LogP contribution in [0.1, 0.15) is 31.9 Å². The van der Waals surface area contributed by atoms with Gasteiger partial charge in [-0.3, -0.25) is 19.5 Å². The number of pyridine rings is 1. The number of aromatic nitrogens is 1. The van der Waals surface area contributed by atoms with Crippen LogP contribution in [0, 0.1) is 0 Å². The highest BCUT2D eigenvalue weighted by Gasteiger charge is 2.50. The zero-order chi connectivity index (χ0) is 16.4. The van der Waals surface area contributed by atoms with Gasteiger partial charge in [0.1, 0.15) is 6.54 Å². The van der Waals surface area contributed by atoms with E-state index in [9.17, 15) is 14.4 Å². The third kappa shape index (κ3) is 2.78. The summed E-state index contributed by atoms with van der Waals surface area (Å²) in [6.45, 7) is 2.79. The SMILES string of the molecule is C[C@@]1(c2ccccn2)NC(=O)N(CC(=O)N2CCCCC2)C1=O. The van der Waals surface area contributed by atoms with Crippen LogP contribution in [-0.2, 0) is 15.1 Å². The lowest BCUT2D eigenvalue weighted by atomic mass is 9.97. The number of piperidine rings is 1. The van der Waals surface area contributed by atoms with Crippen molar-refractivity contribution in [1.82, 2.24) is 20.1 Å². The van der Waals surface area contributed by atoms with Crippen molar-refractivity contribution in [3.8, 4) is 0 Å². The Labute approximate surface area is 134 Å². The molecule has 0 saturated carbocycles. The van der Waals surface area contributed by atoms with Crippen molar-refractivity contribution in [3.63, 3.8) is 0 Å². The van der Waals surface area contributed by atoms with Crippen LogP contribution in [0.4, 0.5) is 4.79 Å². The number of carbonyl (C=O) groups excluding carboxylic acids is 3. The maximum atomic E-state index is 12.7. The van der Waals surface area contributed by atoms with E-state index in [1.165, 1.54) is 0 Å². The highest BCUT2D eigenvalue weighted by atomic mass is 16.2. The van der Waals surface area contributed by atoms with Crippen molar-refractivity contribution >= 4 is 17.8 Å². The Bertz CT molecular complexity index is 627. The van der Waals surface area contributed by atoms with Crippen LogP contribution in [0.5, 0.6) is 0 Å². The standard InChI is InChI=1S/C16H20N4O3/c1-16(12-7-3-4-8-17-12)14(22)20(15(23)18-16)11-13(21)19-9-5-2-6-10-19/h3-4,7-8H,2,5-6,9-11H2,1H3,(H,18,23)/t16-/m0/s1. The van der Waals surface area contributed by atoms with Gasteiger partial charge in [0.05, 0.1) is 5.69 Å². The van der Waals surface area contributed by atoms with Gasteiger partial charge in [-0.1, -0.05) is 6.07 Å². The van der Waals surface area contributed by atoms with Crippen molar-refractivity contribution in [3.05, 3.63) is 30.1 Å². The Morgan fingerprint density at radius 1 is 1.26 bits per heavy atom. The fraction of sp³-hybridized carbons (Fsp3) is 0.500. The van der Waals surface area contributed by atoms with Crippen molar-refractivity contribution in [1.29, 1.82) is 0 Å². The molecule has 3 heterocycles. The normalized spacial score (nSPS) is 24.7. The van der Waals surface area contributed by atoms with E-state index >= 15 is 0 Å². The minimum absolute atomic E-state index is 0.182. The number of hydrogen-bond donors (Lipinski definition) is 1. The number of amides is 4. The minimum Gasteiger partial charge on any atom is -0.341 e. The average Bonchev–Trinajstić information content (AvgIpc) is 2.81. The fourth-order valence-electron chi connectivity index (χ4n) is 3.05. The average molecular weight is 316 g/mol. The summed E-state index contributed by atoms with van der Waals surface area (Å²) in [5.74, 6) is -0.620. The van der Waals surface area contributed by atoms with Gasteiger partial charge in [0.25, 0.3) is 5.91 Å². The van der Waals surface area contributed by atoms with Gasteiger partial charge >= 0.3 is 6.03 Å². The molecule has 0 aliphatic carbocycles. The van der Waals surface area contributed by atoms with Crippen LogP contribution in [0.3, 0.4) is 0 Å². The number of nitrogens with one attached hydrogen (secondary N) is 1. The number of carbonyl (C=O) groups is 3. The molecular formula is C16H20N4O3. The second kappa shape index (κ2) is 5.98.